The molecule has 0 radical (unpaired) electrons. The number of hydrogen-bond donors (Lipinski definition) is 0. The molecule has 24 heavy (non-hydrogen) atoms. The van der Waals surface area contributed by atoms with Crippen molar-refractivity contribution in [2.24, 2.45) is 0 Å². The molecule has 0 bridgehead atoms. The molecule has 0 N–H and O–H groups in total. The Morgan fingerprint density at radius 1 is 0.792 bits per heavy atom. The van der Waals surface area contributed by atoms with Gasteiger partial charge in [-0.3, -0.25) is 0 Å². The van der Waals surface area contributed by atoms with Gasteiger partial charge in [-0.15, -0.1) is 0 Å². The van der Waals surface area contributed by atoms with Crippen molar-refractivity contribution in [3.63, 3.8) is 0 Å². The molecule has 0 spiro atoms. The summed E-state index contributed by atoms with van der Waals surface area (Å²) in [5.74, 6) is 2.12. The Balaban J connectivity index is 0.000000960. The molecule has 6 heteroatoms. The van der Waals surface area contributed by atoms with Crippen LogP contribution in [0.25, 0.3) is 12.2 Å². The number of furan rings is 2. The molecular weight excluding hydrogens is 438 g/mol. The summed E-state index contributed by atoms with van der Waals surface area (Å²) in [4.78, 5) is 0. The fraction of sp³-hybridized carbons (Fsp3) is 0.333. The van der Waals surface area contributed by atoms with Crippen molar-refractivity contribution < 1.29 is 59.9 Å². The van der Waals surface area contributed by atoms with E-state index in [4.69, 9.17) is 8.83 Å². The normalized spacial score (nSPS) is 20.8. The van der Waals surface area contributed by atoms with Crippen LogP contribution >= 0.6 is 0 Å². The zero-order valence-electron chi connectivity index (χ0n) is 14.2. The third-order valence-electron chi connectivity index (χ3n) is 5.19. The maximum absolute atomic E-state index is 5.63. The minimum absolute atomic E-state index is 0. The van der Waals surface area contributed by atoms with Crippen LogP contribution in [0.2, 0.25) is 13.1 Å². The summed E-state index contributed by atoms with van der Waals surface area (Å²) in [5, 5.41) is 0. The van der Waals surface area contributed by atoms with Crippen LogP contribution in [0.4, 0.5) is 0 Å². The number of halogens is 2. The predicted molar refractivity (Wildman–Crippen MR) is 87.7 cm³/mol. The number of allylic oxidation sites excluding steroid dienone is 2. The van der Waals surface area contributed by atoms with Crippen molar-refractivity contribution in [1.82, 2.24) is 0 Å². The van der Waals surface area contributed by atoms with Crippen molar-refractivity contribution in [2.75, 3.05) is 0 Å². The van der Waals surface area contributed by atoms with E-state index in [1.807, 2.05) is 12.5 Å². The molecule has 2 aliphatic rings. The summed E-state index contributed by atoms with van der Waals surface area (Å²) in [7, 11) is -1.65. The van der Waals surface area contributed by atoms with Gasteiger partial charge >= 0.3 is 26.2 Å². The first-order valence-electron chi connectivity index (χ1n) is 7.51. The Labute approximate surface area is 175 Å². The molecule has 2 unspecified atom stereocenters. The molecule has 2 heterocycles. The average Bonchev–Trinajstić information content (AvgIpc) is 3.07. The second-order valence-electron chi connectivity index (χ2n) is 6.94. The van der Waals surface area contributed by atoms with E-state index in [1.165, 1.54) is 22.3 Å². The number of rotatable bonds is 2. The van der Waals surface area contributed by atoms with Crippen LogP contribution in [-0.2, 0) is 26.2 Å². The van der Waals surface area contributed by atoms with Crippen LogP contribution in [0.3, 0.4) is 0 Å². The molecule has 4 rings (SSSR count). The Kier molecular flexibility index (Phi) is 6.83. The van der Waals surface area contributed by atoms with Crippen LogP contribution in [0, 0.1) is 0 Å². The SMILES string of the molecule is CC1=Cc2occc2C1[Si](C)(C)C1C(C)=Cc2occc21.[Cl-].[Cl-].[Zr+2]. The smallest absolute Gasteiger partial charge is 1.00 e. The van der Waals surface area contributed by atoms with Crippen molar-refractivity contribution in [1.29, 1.82) is 0 Å². The van der Waals surface area contributed by atoms with Gasteiger partial charge < -0.3 is 33.6 Å². The quantitative estimate of drug-likeness (QED) is 0.560. The van der Waals surface area contributed by atoms with Gasteiger partial charge in [-0.25, -0.2) is 0 Å². The summed E-state index contributed by atoms with van der Waals surface area (Å²) in [6.45, 7) is 9.50. The van der Waals surface area contributed by atoms with Crippen LogP contribution in [0.1, 0.15) is 47.6 Å². The van der Waals surface area contributed by atoms with E-state index < -0.39 is 8.07 Å². The minimum Gasteiger partial charge on any atom is -1.00 e. The molecule has 0 amide bonds. The zero-order valence-corrected chi connectivity index (χ0v) is 19.2. The standard InChI is InChI=1S/C18H20O2Si.2ClH.Zr/c1-11-9-15-13(5-7-19-15)17(11)21(3,4)18-12(2)10-16-14(18)6-8-20-16;;;/h5-10,17-18H,1-4H3;2*1H;/q;;;+2/p-2. The van der Waals surface area contributed by atoms with E-state index in [-0.39, 0.29) is 51.0 Å². The zero-order chi connectivity index (χ0) is 14.8. The van der Waals surface area contributed by atoms with Gasteiger partial charge in [0.05, 0.1) is 20.6 Å². The molecular formula is C18H20Cl2O2SiZr. The summed E-state index contributed by atoms with van der Waals surface area (Å²) < 4.78 is 11.3. The molecule has 0 saturated carbocycles. The maximum atomic E-state index is 5.63. The third-order valence-corrected chi connectivity index (χ3v) is 9.70. The van der Waals surface area contributed by atoms with Gasteiger partial charge in [0.1, 0.15) is 11.5 Å². The van der Waals surface area contributed by atoms with Gasteiger partial charge in [0, 0.05) is 22.2 Å². The van der Waals surface area contributed by atoms with Crippen LogP contribution in [-0.4, -0.2) is 8.07 Å². The van der Waals surface area contributed by atoms with E-state index in [0.29, 0.717) is 11.1 Å². The monoisotopic (exact) mass is 456 g/mol. The largest absolute Gasteiger partial charge is 2.00 e. The first-order valence-corrected chi connectivity index (χ1v) is 10.7. The topological polar surface area (TPSA) is 26.3 Å². The van der Waals surface area contributed by atoms with E-state index in [2.05, 4.69) is 51.2 Å². The summed E-state index contributed by atoms with van der Waals surface area (Å²) >= 11 is 0. The molecule has 126 valence electrons. The molecule has 0 aromatic carbocycles. The number of fused-ring (bicyclic) bond motifs is 2. The Bertz CT molecular complexity index is 724. The Morgan fingerprint density at radius 3 is 1.54 bits per heavy atom. The molecule has 2 atom stereocenters. The van der Waals surface area contributed by atoms with Crippen molar-refractivity contribution >= 4 is 20.2 Å². The van der Waals surface area contributed by atoms with E-state index >= 15 is 0 Å². The van der Waals surface area contributed by atoms with Crippen LogP contribution in [0.5, 0.6) is 0 Å². The summed E-state index contributed by atoms with van der Waals surface area (Å²) in [5.41, 5.74) is 6.72. The molecule has 0 fully saturated rings. The fourth-order valence-corrected chi connectivity index (χ4v) is 9.51. The molecule has 2 aromatic heterocycles. The second kappa shape index (κ2) is 7.53. The van der Waals surface area contributed by atoms with Gasteiger partial charge in [0.25, 0.3) is 0 Å². The van der Waals surface area contributed by atoms with Gasteiger partial charge in [-0.05, 0) is 38.1 Å². The van der Waals surface area contributed by atoms with Crippen molar-refractivity contribution in [2.45, 2.75) is 38.0 Å². The van der Waals surface area contributed by atoms with E-state index in [1.54, 1.807) is 0 Å². The van der Waals surface area contributed by atoms with Gasteiger partial charge in [-0.2, -0.15) is 0 Å². The number of hydrogen-bond acceptors (Lipinski definition) is 2. The molecule has 2 aliphatic carbocycles. The Morgan fingerprint density at radius 2 is 1.17 bits per heavy atom. The first-order chi connectivity index (χ1) is 10.00. The summed E-state index contributed by atoms with van der Waals surface area (Å²) in [6, 6.07) is 4.32. The molecule has 2 aromatic rings. The fourth-order valence-electron chi connectivity index (χ4n) is 4.59. The van der Waals surface area contributed by atoms with Gasteiger partial charge in [-0.1, -0.05) is 24.2 Å². The second-order valence-corrected chi connectivity index (χ2v) is 11.7. The van der Waals surface area contributed by atoms with Crippen molar-refractivity contribution in [3.05, 3.63) is 58.5 Å². The van der Waals surface area contributed by atoms with Gasteiger partial charge in [0.2, 0.25) is 0 Å². The molecule has 0 aliphatic heterocycles. The predicted octanol–water partition coefficient (Wildman–Crippen LogP) is -0.634. The van der Waals surface area contributed by atoms with Crippen LogP contribution < -0.4 is 24.8 Å². The molecule has 0 saturated heterocycles. The van der Waals surface area contributed by atoms with E-state index in [0.717, 1.165) is 11.5 Å². The van der Waals surface area contributed by atoms with Crippen LogP contribution in [0.15, 0.2) is 44.6 Å². The maximum Gasteiger partial charge on any atom is 2.00 e. The minimum atomic E-state index is -1.65. The Hall–Kier alpha value is -0.280. The average molecular weight is 459 g/mol. The van der Waals surface area contributed by atoms with Crippen molar-refractivity contribution in [3.8, 4) is 0 Å². The summed E-state index contributed by atoms with van der Waals surface area (Å²) in [6.07, 6.45) is 8.09. The van der Waals surface area contributed by atoms with Gasteiger partial charge in [0.15, 0.2) is 0 Å². The third kappa shape index (κ3) is 3.00. The first kappa shape index (κ1) is 21.8. The van der Waals surface area contributed by atoms with E-state index in [9.17, 15) is 0 Å². The molecule has 2 nitrogen and oxygen atoms in total.